The molecule has 1 heterocycles. The summed E-state index contributed by atoms with van der Waals surface area (Å²) in [5.41, 5.74) is 6.53. The zero-order chi connectivity index (χ0) is 16.3. The van der Waals surface area contributed by atoms with Gasteiger partial charge in [0.1, 0.15) is 0 Å². The highest BCUT2D eigenvalue weighted by Crippen LogP contribution is 2.33. The number of hydrogen-bond donors (Lipinski definition) is 3. The van der Waals surface area contributed by atoms with Crippen LogP contribution < -0.4 is 16.4 Å². The molecule has 0 radical (unpaired) electrons. The van der Waals surface area contributed by atoms with E-state index in [1.54, 1.807) is 24.3 Å². The van der Waals surface area contributed by atoms with E-state index in [4.69, 9.17) is 10.5 Å². The molecule has 9 heteroatoms. The summed E-state index contributed by atoms with van der Waals surface area (Å²) < 4.78 is 5.26. The van der Waals surface area contributed by atoms with E-state index < -0.39 is 5.54 Å². The highest BCUT2D eigenvalue weighted by Gasteiger charge is 2.45. The largest absolute Gasteiger partial charge is 0.379 e. The van der Waals surface area contributed by atoms with Gasteiger partial charge in [-0.05, 0) is 37.1 Å². The molecule has 2 fully saturated rings. The van der Waals surface area contributed by atoms with Crippen LogP contribution in [0.1, 0.15) is 12.8 Å². The average Bonchev–Trinajstić information content (AvgIpc) is 3.29. The quantitative estimate of drug-likeness (QED) is 0.702. The van der Waals surface area contributed by atoms with Crippen LogP contribution in [0.25, 0.3) is 0 Å². The summed E-state index contributed by atoms with van der Waals surface area (Å²) in [6, 6.07) is 7.05. The lowest BCUT2D eigenvalue weighted by molar-refractivity contribution is -0.119. The number of nitrogens with zero attached hydrogens (tertiary/aromatic N) is 1. The summed E-state index contributed by atoms with van der Waals surface area (Å²) in [4.78, 5) is 25.9. The number of rotatable bonds is 5. The van der Waals surface area contributed by atoms with Crippen molar-refractivity contribution in [2.24, 2.45) is 5.73 Å². The number of nitrogens with one attached hydrogen (secondary N) is 2. The molecule has 0 unspecified atom stereocenters. The molecular formula is C16H24Cl2N4O3. The molecule has 3 rings (SSSR count). The molecule has 0 aromatic heterocycles. The zero-order valence-corrected chi connectivity index (χ0v) is 15.5. The summed E-state index contributed by atoms with van der Waals surface area (Å²) in [5.74, 6) is -0.204. The second-order valence-electron chi connectivity index (χ2n) is 6.12. The number of carbonyl (C=O) groups excluding carboxylic acids is 2. The first-order valence-electron chi connectivity index (χ1n) is 7.85. The summed E-state index contributed by atoms with van der Waals surface area (Å²) in [6.07, 6.45) is 1.46. The molecule has 0 bridgehead atoms. The first-order chi connectivity index (χ1) is 11.0. The smallest absolute Gasteiger partial charge is 0.244 e. The minimum absolute atomic E-state index is 0. The fourth-order valence-corrected chi connectivity index (χ4v) is 2.42. The second-order valence-corrected chi connectivity index (χ2v) is 6.12. The fourth-order valence-electron chi connectivity index (χ4n) is 2.42. The Morgan fingerprint density at radius 2 is 1.56 bits per heavy atom. The van der Waals surface area contributed by atoms with E-state index >= 15 is 0 Å². The molecule has 1 saturated carbocycles. The normalized spacial score (nSPS) is 18.3. The molecule has 1 aliphatic heterocycles. The van der Waals surface area contributed by atoms with Crippen molar-refractivity contribution >= 4 is 48.0 Å². The summed E-state index contributed by atoms with van der Waals surface area (Å²) in [5, 5.41) is 5.65. The lowest BCUT2D eigenvalue weighted by atomic mass is 10.2. The van der Waals surface area contributed by atoms with Crippen molar-refractivity contribution in [2.45, 2.75) is 18.4 Å². The number of ether oxygens (including phenoxy) is 1. The van der Waals surface area contributed by atoms with Gasteiger partial charge in [0.25, 0.3) is 0 Å². The zero-order valence-electron chi connectivity index (χ0n) is 13.8. The molecule has 1 aromatic rings. The van der Waals surface area contributed by atoms with Crippen LogP contribution in [0, 0.1) is 0 Å². The lowest BCUT2D eigenvalue weighted by Gasteiger charge is -2.25. The van der Waals surface area contributed by atoms with Gasteiger partial charge < -0.3 is 21.1 Å². The first-order valence-corrected chi connectivity index (χ1v) is 7.85. The number of hydrogen-bond acceptors (Lipinski definition) is 5. The van der Waals surface area contributed by atoms with Gasteiger partial charge in [-0.15, -0.1) is 24.8 Å². The van der Waals surface area contributed by atoms with Crippen molar-refractivity contribution in [1.29, 1.82) is 0 Å². The van der Waals surface area contributed by atoms with Gasteiger partial charge in [0.15, 0.2) is 0 Å². The molecule has 1 aromatic carbocycles. The third kappa shape index (κ3) is 6.13. The van der Waals surface area contributed by atoms with Crippen LogP contribution in [-0.2, 0) is 14.3 Å². The van der Waals surface area contributed by atoms with Gasteiger partial charge in [-0.25, -0.2) is 0 Å². The molecule has 0 spiro atoms. The molecule has 0 atom stereocenters. The van der Waals surface area contributed by atoms with Crippen LogP contribution in [0.4, 0.5) is 11.4 Å². The van der Waals surface area contributed by atoms with Crippen molar-refractivity contribution in [1.82, 2.24) is 4.90 Å². The maximum atomic E-state index is 12.0. The van der Waals surface area contributed by atoms with Gasteiger partial charge in [0.05, 0.1) is 25.3 Å². The van der Waals surface area contributed by atoms with Gasteiger partial charge in [0, 0.05) is 24.5 Å². The standard InChI is InChI=1S/C16H22N4O3.2ClH/c17-16(5-6-16)15(22)19-13-3-1-12(2-4-13)18-14(21)11-20-7-9-23-10-8-20;;/h1-4H,5-11,17H2,(H,18,21)(H,19,22);2*1H. The first kappa shape index (κ1) is 21.7. The third-order valence-corrected chi connectivity index (χ3v) is 4.14. The van der Waals surface area contributed by atoms with Crippen LogP contribution >= 0.6 is 24.8 Å². The summed E-state index contributed by atoms with van der Waals surface area (Å²) >= 11 is 0. The Hall–Kier alpha value is -1.38. The molecule has 1 aliphatic carbocycles. The summed E-state index contributed by atoms with van der Waals surface area (Å²) in [6.45, 7) is 3.25. The van der Waals surface area contributed by atoms with Gasteiger partial charge in [-0.3, -0.25) is 14.5 Å². The van der Waals surface area contributed by atoms with Gasteiger partial charge in [-0.1, -0.05) is 0 Å². The topological polar surface area (TPSA) is 96.7 Å². The maximum absolute atomic E-state index is 12.0. The molecule has 2 amide bonds. The average molecular weight is 391 g/mol. The molecule has 1 saturated heterocycles. The minimum atomic E-state index is -0.689. The number of nitrogens with two attached hydrogens (primary N) is 1. The Bertz CT molecular complexity index is 588. The van der Waals surface area contributed by atoms with E-state index in [-0.39, 0.29) is 36.6 Å². The Kier molecular flexibility index (Phi) is 8.11. The number of anilines is 2. The van der Waals surface area contributed by atoms with E-state index in [0.29, 0.717) is 31.1 Å². The van der Waals surface area contributed by atoms with E-state index in [1.807, 2.05) is 0 Å². The van der Waals surface area contributed by atoms with Crippen LogP contribution in [0.3, 0.4) is 0 Å². The Morgan fingerprint density at radius 3 is 2.08 bits per heavy atom. The number of benzene rings is 1. The molecular weight excluding hydrogens is 367 g/mol. The van der Waals surface area contributed by atoms with E-state index in [1.165, 1.54) is 0 Å². The van der Waals surface area contributed by atoms with Crippen molar-refractivity contribution in [3.63, 3.8) is 0 Å². The van der Waals surface area contributed by atoms with Crippen molar-refractivity contribution < 1.29 is 14.3 Å². The highest BCUT2D eigenvalue weighted by molar-refractivity contribution is 6.00. The van der Waals surface area contributed by atoms with Gasteiger partial charge >= 0.3 is 0 Å². The monoisotopic (exact) mass is 390 g/mol. The number of halogens is 2. The van der Waals surface area contributed by atoms with E-state index in [9.17, 15) is 9.59 Å². The van der Waals surface area contributed by atoms with E-state index in [2.05, 4.69) is 15.5 Å². The van der Waals surface area contributed by atoms with Crippen molar-refractivity contribution in [3.05, 3.63) is 24.3 Å². The van der Waals surface area contributed by atoms with Crippen molar-refractivity contribution in [3.8, 4) is 0 Å². The van der Waals surface area contributed by atoms with E-state index in [0.717, 1.165) is 25.9 Å². The fraction of sp³-hybridized carbons (Fsp3) is 0.500. The molecule has 140 valence electrons. The third-order valence-electron chi connectivity index (χ3n) is 4.14. The second kappa shape index (κ2) is 9.35. The molecule has 7 nitrogen and oxygen atoms in total. The predicted molar refractivity (Wildman–Crippen MR) is 102 cm³/mol. The Morgan fingerprint density at radius 1 is 1.04 bits per heavy atom. The SMILES string of the molecule is Cl.Cl.NC1(C(=O)Nc2ccc(NC(=O)CN3CCOCC3)cc2)CC1. The molecule has 2 aliphatic rings. The van der Waals surface area contributed by atoms with Crippen LogP contribution in [0.5, 0.6) is 0 Å². The van der Waals surface area contributed by atoms with Crippen molar-refractivity contribution in [2.75, 3.05) is 43.5 Å². The number of carbonyl (C=O) groups is 2. The number of amides is 2. The Balaban J connectivity index is 0.00000156. The molecule has 25 heavy (non-hydrogen) atoms. The predicted octanol–water partition coefficient (Wildman–Crippen LogP) is 1.23. The Labute approximate surface area is 159 Å². The lowest BCUT2D eigenvalue weighted by Crippen LogP contribution is -2.41. The van der Waals surface area contributed by atoms with Gasteiger partial charge in [0.2, 0.25) is 11.8 Å². The maximum Gasteiger partial charge on any atom is 0.244 e. The van der Waals surface area contributed by atoms with Gasteiger partial charge in [-0.2, -0.15) is 0 Å². The highest BCUT2D eigenvalue weighted by atomic mass is 35.5. The van der Waals surface area contributed by atoms with Crippen LogP contribution in [0.15, 0.2) is 24.3 Å². The van der Waals surface area contributed by atoms with Crippen LogP contribution in [-0.4, -0.2) is 55.1 Å². The molecule has 4 N–H and O–H groups in total. The minimum Gasteiger partial charge on any atom is -0.379 e. The van der Waals surface area contributed by atoms with Crippen LogP contribution in [0.2, 0.25) is 0 Å². The summed E-state index contributed by atoms with van der Waals surface area (Å²) in [7, 11) is 0. The number of morpholine rings is 1.